The highest BCUT2D eigenvalue weighted by Gasteiger charge is 2.37. The zero-order valence-corrected chi connectivity index (χ0v) is 4.75. The van der Waals surface area contributed by atoms with Gasteiger partial charge in [-0.05, 0) is 24.7 Å². The van der Waals surface area contributed by atoms with Crippen LogP contribution in [0, 0.1) is 11.8 Å². The minimum Gasteiger partial charge on any atom is -0.389 e. The average molecular weight is 110 g/mol. The predicted molar refractivity (Wildman–Crippen MR) is 31.4 cm³/mol. The summed E-state index contributed by atoms with van der Waals surface area (Å²) in [5, 5.41) is 9.13. The van der Waals surface area contributed by atoms with Crippen molar-refractivity contribution in [1.29, 1.82) is 0 Å². The third kappa shape index (κ3) is 0.402. The fourth-order valence-corrected chi connectivity index (χ4v) is 1.61. The van der Waals surface area contributed by atoms with Gasteiger partial charge in [-0.2, -0.15) is 0 Å². The van der Waals surface area contributed by atoms with E-state index in [1.807, 2.05) is 6.08 Å². The summed E-state index contributed by atoms with van der Waals surface area (Å²) in [6.45, 7) is 0. The molecule has 8 heavy (non-hydrogen) atoms. The molecule has 2 rings (SSSR count). The van der Waals surface area contributed by atoms with Gasteiger partial charge >= 0.3 is 0 Å². The molecule has 0 aliphatic heterocycles. The Labute approximate surface area is 49.0 Å². The van der Waals surface area contributed by atoms with Gasteiger partial charge in [-0.1, -0.05) is 12.2 Å². The first-order valence-corrected chi connectivity index (χ1v) is 3.24. The van der Waals surface area contributed by atoms with Gasteiger partial charge in [0.1, 0.15) is 0 Å². The molecular formula is C7H10O. The van der Waals surface area contributed by atoms with Gasteiger partial charge in [-0.3, -0.25) is 0 Å². The standard InChI is InChI=1S/C7H10O/c8-7-4-2-5-1-3-6(5)7/h2,4-8H,1,3H2/t5?,6?,7-/m0/s1. The highest BCUT2D eigenvalue weighted by molar-refractivity contribution is 5.11. The lowest BCUT2D eigenvalue weighted by Gasteiger charge is -2.31. The molecule has 1 N–H and O–H groups in total. The van der Waals surface area contributed by atoms with Crippen LogP contribution in [0.1, 0.15) is 12.8 Å². The van der Waals surface area contributed by atoms with Crippen LogP contribution in [0.2, 0.25) is 0 Å². The summed E-state index contributed by atoms with van der Waals surface area (Å²) in [5.41, 5.74) is 0. The van der Waals surface area contributed by atoms with E-state index in [2.05, 4.69) is 6.08 Å². The zero-order valence-electron chi connectivity index (χ0n) is 4.75. The molecule has 2 aliphatic carbocycles. The van der Waals surface area contributed by atoms with Crippen molar-refractivity contribution in [2.45, 2.75) is 18.9 Å². The van der Waals surface area contributed by atoms with E-state index in [-0.39, 0.29) is 6.10 Å². The van der Waals surface area contributed by atoms with Gasteiger partial charge in [-0.15, -0.1) is 0 Å². The number of rotatable bonds is 0. The van der Waals surface area contributed by atoms with Crippen molar-refractivity contribution in [3.8, 4) is 0 Å². The largest absolute Gasteiger partial charge is 0.389 e. The summed E-state index contributed by atoms with van der Waals surface area (Å²) >= 11 is 0. The molecule has 1 heteroatoms. The van der Waals surface area contributed by atoms with E-state index in [1.54, 1.807) is 0 Å². The molecule has 1 nitrogen and oxygen atoms in total. The van der Waals surface area contributed by atoms with Crippen molar-refractivity contribution in [2.24, 2.45) is 11.8 Å². The van der Waals surface area contributed by atoms with Crippen LogP contribution in [0.3, 0.4) is 0 Å². The Balaban J connectivity index is 2.14. The van der Waals surface area contributed by atoms with Crippen LogP contribution in [-0.2, 0) is 0 Å². The smallest absolute Gasteiger partial charge is 0.0754 e. The van der Waals surface area contributed by atoms with E-state index >= 15 is 0 Å². The molecule has 0 heterocycles. The van der Waals surface area contributed by atoms with E-state index in [0.717, 1.165) is 5.92 Å². The second-order valence-corrected chi connectivity index (χ2v) is 2.78. The molecule has 0 spiro atoms. The number of allylic oxidation sites excluding steroid dienone is 1. The summed E-state index contributed by atoms with van der Waals surface area (Å²) in [6.07, 6.45) is 6.52. The monoisotopic (exact) mass is 110 g/mol. The Bertz CT molecular complexity index is 120. The summed E-state index contributed by atoms with van der Waals surface area (Å²) in [4.78, 5) is 0. The number of fused-ring (bicyclic) bond motifs is 1. The Morgan fingerprint density at radius 1 is 1.25 bits per heavy atom. The Morgan fingerprint density at radius 3 is 2.38 bits per heavy atom. The third-order valence-corrected chi connectivity index (χ3v) is 2.38. The second kappa shape index (κ2) is 1.35. The lowest BCUT2D eigenvalue weighted by atomic mass is 9.75. The van der Waals surface area contributed by atoms with Crippen LogP contribution in [0.15, 0.2) is 12.2 Å². The molecule has 1 saturated carbocycles. The number of aliphatic hydroxyl groups excluding tert-OH is 1. The maximum atomic E-state index is 9.13. The fraction of sp³-hybridized carbons (Fsp3) is 0.714. The number of hydrogen-bond acceptors (Lipinski definition) is 1. The highest BCUT2D eigenvalue weighted by Crippen LogP contribution is 2.42. The molecule has 0 saturated heterocycles. The van der Waals surface area contributed by atoms with Crippen molar-refractivity contribution in [2.75, 3.05) is 0 Å². The summed E-state index contributed by atoms with van der Waals surface area (Å²) in [5.74, 6) is 1.35. The summed E-state index contributed by atoms with van der Waals surface area (Å²) in [6, 6.07) is 0. The molecule has 0 aromatic rings. The molecule has 0 radical (unpaired) electrons. The Kier molecular flexibility index (Phi) is 0.770. The van der Waals surface area contributed by atoms with Crippen LogP contribution in [0.5, 0.6) is 0 Å². The average Bonchev–Trinajstić information content (AvgIpc) is 1.80. The maximum Gasteiger partial charge on any atom is 0.0754 e. The van der Waals surface area contributed by atoms with Gasteiger partial charge in [0.05, 0.1) is 6.10 Å². The lowest BCUT2D eigenvalue weighted by Crippen LogP contribution is -2.28. The normalized spacial score (nSPS) is 50.9. The van der Waals surface area contributed by atoms with Crippen molar-refractivity contribution in [3.63, 3.8) is 0 Å². The summed E-state index contributed by atoms with van der Waals surface area (Å²) < 4.78 is 0. The van der Waals surface area contributed by atoms with Gasteiger partial charge in [0, 0.05) is 0 Å². The van der Waals surface area contributed by atoms with E-state index in [4.69, 9.17) is 5.11 Å². The predicted octanol–water partition coefficient (Wildman–Crippen LogP) is 0.943. The van der Waals surface area contributed by atoms with Crippen LogP contribution in [0.25, 0.3) is 0 Å². The van der Waals surface area contributed by atoms with Crippen molar-refractivity contribution >= 4 is 0 Å². The topological polar surface area (TPSA) is 20.2 Å². The Morgan fingerprint density at radius 2 is 2.12 bits per heavy atom. The Hall–Kier alpha value is -0.300. The SMILES string of the molecule is O[C@H]1C=CC2CCC21. The molecule has 44 valence electrons. The van der Waals surface area contributed by atoms with E-state index in [9.17, 15) is 0 Å². The number of hydrogen-bond donors (Lipinski definition) is 1. The maximum absolute atomic E-state index is 9.13. The quantitative estimate of drug-likeness (QED) is 0.460. The van der Waals surface area contributed by atoms with Crippen molar-refractivity contribution in [1.82, 2.24) is 0 Å². The minimum atomic E-state index is -0.103. The van der Waals surface area contributed by atoms with Crippen LogP contribution in [0.4, 0.5) is 0 Å². The van der Waals surface area contributed by atoms with Crippen LogP contribution >= 0.6 is 0 Å². The molecule has 0 bridgehead atoms. The third-order valence-electron chi connectivity index (χ3n) is 2.38. The number of aliphatic hydroxyl groups is 1. The molecule has 2 aliphatic rings. The molecule has 1 fully saturated rings. The first-order valence-electron chi connectivity index (χ1n) is 3.24. The zero-order chi connectivity index (χ0) is 5.56. The van der Waals surface area contributed by atoms with E-state index < -0.39 is 0 Å². The van der Waals surface area contributed by atoms with Gasteiger partial charge in [0.2, 0.25) is 0 Å². The van der Waals surface area contributed by atoms with Gasteiger partial charge in [-0.25, -0.2) is 0 Å². The van der Waals surface area contributed by atoms with Crippen molar-refractivity contribution < 1.29 is 5.11 Å². The second-order valence-electron chi connectivity index (χ2n) is 2.78. The van der Waals surface area contributed by atoms with Gasteiger partial charge in [0.25, 0.3) is 0 Å². The highest BCUT2D eigenvalue weighted by atomic mass is 16.3. The lowest BCUT2D eigenvalue weighted by molar-refractivity contribution is 0.0839. The van der Waals surface area contributed by atoms with E-state index in [1.165, 1.54) is 12.8 Å². The first-order chi connectivity index (χ1) is 3.88. The molecule has 0 aromatic carbocycles. The summed E-state index contributed by atoms with van der Waals surface area (Å²) in [7, 11) is 0. The van der Waals surface area contributed by atoms with Crippen molar-refractivity contribution in [3.05, 3.63) is 12.2 Å². The molecule has 3 atom stereocenters. The first kappa shape index (κ1) is 4.57. The minimum absolute atomic E-state index is 0.103. The molecule has 0 amide bonds. The molecule has 2 unspecified atom stereocenters. The van der Waals surface area contributed by atoms with E-state index in [0.29, 0.717) is 5.92 Å². The van der Waals surface area contributed by atoms with Gasteiger partial charge < -0.3 is 5.11 Å². The molecular weight excluding hydrogens is 100 g/mol. The van der Waals surface area contributed by atoms with Crippen LogP contribution < -0.4 is 0 Å². The van der Waals surface area contributed by atoms with Crippen LogP contribution in [-0.4, -0.2) is 11.2 Å². The fourth-order valence-electron chi connectivity index (χ4n) is 1.61. The van der Waals surface area contributed by atoms with Gasteiger partial charge in [0.15, 0.2) is 0 Å². The molecule has 0 aromatic heterocycles.